The van der Waals surface area contributed by atoms with Crippen molar-refractivity contribution >= 4 is 34.4 Å². The van der Waals surface area contributed by atoms with Gasteiger partial charge < -0.3 is 15.8 Å². The molecular formula is C10H15IN6O. The van der Waals surface area contributed by atoms with Crippen LogP contribution in [0.15, 0.2) is 17.5 Å². The molecule has 18 heavy (non-hydrogen) atoms. The van der Waals surface area contributed by atoms with E-state index in [9.17, 15) is 0 Å². The fraction of sp³-hybridized carbons (Fsp3) is 0.500. The largest absolute Gasteiger partial charge is 0.409 e. The lowest BCUT2D eigenvalue weighted by atomic mass is 10.3. The van der Waals surface area contributed by atoms with Crippen LogP contribution in [-0.2, 0) is 0 Å². The molecule has 3 N–H and O–H groups in total. The van der Waals surface area contributed by atoms with E-state index in [0.29, 0.717) is 6.54 Å². The molecule has 0 bridgehead atoms. The summed E-state index contributed by atoms with van der Waals surface area (Å²) in [6, 6.07) is 0. The Bertz CT molecular complexity index is 415. The van der Waals surface area contributed by atoms with E-state index in [1.165, 1.54) is 0 Å². The fourth-order valence-corrected chi connectivity index (χ4v) is 2.11. The smallest absolute Gasteiger partial charge is 0.225 e. The summed E-state index contributed by atoms with van der Waals surface area (Å²) in [6.07, 6.45) is 3.62. The van der Waals surface area contributed by atoms with Crippen LogP contribution in [0.4, 0.5) is 5.95 Å². The molecule has 0 atom stereocenters. The van der Waals surface area contributed by atoms with Gasteiger partial charge in [-0.05, 0) is 22.6 Å². The van der Waals surface area contributed by atoms with Gasteiger partial charge in [-0.3, -0.25) is 4.90 Å². The molecule has 0 amide bonds. The lowest BCUT2D eigenvalue weighted by molar-refractivity contribution is 0.277. The zero-order chi connectivity index (χ0) is 13.0. The van der Waals surface area contributed by atoms with Crippen LogP contribution in [0.5, 0.6) is 0 Å². The van der Waals surface area contributed by atoms with Gasteiger partial charge >= 0.3 is 0 Å². The fourth-order valence-electron chi connectivity index (χ4n) is 1.84. The summed E-state index contributed by atoms with van der Waals surface area (Å²) < 4.78 is 1.03. The van der Waals surface area contributed by atoms with Crippen LogP contribution >= 0.6 is 22.6 Å². The Labute approximate surface area is 119 Å². The number of oxime groups is 1. The summed E-state index contributed by atoms with van der Waals surface area (Å²) in [6.45, 7) is 3.90. The highest BCUT2D eigenvalue weighted by molar-refractivity contribution is 14.1. The summed E-state index contributed by atoms with van der Waals surface area (Å²) in [5, 5.41) is 11.5. The van der Waals surface area contributed by atoms with Gasteiger partial charge in [-0.2, -0.15) is 0 Å². The number of aromatic nitrogens is 2. The van der Waals surface area contributed by atoms with Crippen LogP contribution < -0.4 is 10.6 Å². The monoisotopic (exact) mass is 362 g/mol. The first-order valence-corrected chi connectivity index (χ1v) is 6.68. The second-order valence-electron chi connectivity index (χ2n) is 4.06. The highest BCUT2D eigenvalue weighted by Crippen LogP contribution is 2.11. The van der Waals surface area contributed by atoms with Crippen molar-refractivity contribution in [2.75, 3.05) is 37.6 Å². The topological polar surface area (TPSA) is 90.9 Å². The van der Waals surface area contributed by atoms with Crippen LogP contribution in [0, 0.1) is 3.57 Å². The van der Waals surface area contributed by atoms with Gasteiger partial charge in [0.2, 0.25) is 5.95 Å². The number of nitrogens with two attached hydrogens (primary N) is 1. The summed E-state index contributed by atoms with van der Waals surface area (Å²) >= 11 is 2.19. The Morgan fingerprint density at radius 2 is 1.94 bits per heavy atom. The molecule has 1 saturated heterocycles. The van der Waals surface area contributed by atoms with E-state index in [-0.39, 0.29) is 5.84 Å². The maximum absolute atomic E-state index is 8.53. The third kappa shape index (κ3) is 3.42. The minimum atomic E-state index is 0.244. The van der Waals surface area contributed by atoms with Crippen LogP contribution in [0.3, 0.4) is 0 Å². The van der Waals surface area contributed by atoms with E-state index >= 15 is 0 Å². The molecule has 1 aliphatic rings. The van der Waals surface area contributed by atoms with Gasteiger partial charge in [-0.25, -0.2) is 9.97 Å². The predicted octanol–water partition coefficient (Wildman–Crippen LogP) is -0.0504. The third-order valence-corrected chi connectivity index (χ3v) is 3.33. The minimum Gasteiger partial charge on any atom is -0.409 e. The normalized spacial score (nSPS) is 18.1. The summed E-state index contributed by atoms with van der Waals surface area (Å²) in [5.74, 6) is 1.01. The number of amidine groups is 1. The second kappa shape index (κ2) is 6.14. The minimum absolute atomic E-state index is 0.244. The van der Waals surface area contributed by atoms with Gasteiger partial charge in [0.15, 0.2) is 5.84 Å². The Kier molecular flexibility index (Phi) is 4.53. The van der Waals surface area contributed by atoms with Gasteiger partial charge in [0.05, 0.1) is 6.54 Å². The predicted molar refractivity (Wildman–Crippen MR) is 76.8 cm³/mol. The van der Waals surface area contributed by atoms with Crippen LogP contribution in [-0.4, -0.2) is 58.6 Å². The Hall–Kier alpha value is -1.16. The van der Waals surface area contributed by atoms with E-state index in [4.69, 9.17) is 10.9 Å². The molecule has 7 nitrogen and oxygen atoms in total. The maximum Gasteiger partial charge on any atom is 0.225 e. The number of hydrogen-bond acceptors (Lipinski definition) is 6. The SMILES string of the molecule is NC(CN1CCN(c2ncc(I)cn2)CC1)=NO. The first-order chi connectivity index (χ1) is 8.69. The van der Waals surface area contributed by atoms with Crippen molar-refractivity contribution in [2.45, 2.75) is 0 Å². The molecule has 0 aliphatic carbocycles. The first-order valence-electron chi connectivity index (χ1n) is 5.60. The quantitative estimate of drug-likeness (QED) is 0.258. The molecule has 0 saturated carbocycles. The van der Waals surface area contributed by atoms with Gasteiger partial charge in [0, 0.05) is 42.1 Å². The third-order valence-electron chi connectivity index (χ3n) is 2.78. The van der Waals surface area contributed by atoms with Crippen molar-refractivity contribution in [2.24, 2.45) is 10.9 Å². The standard InChI is InChI=1S/C10H15IN6O/c11-8-5-13-10(14-6-8)17-3-1-16(2-4-17)7-9(12)15-18/h5-6,18H,1-4,7H2,(H2,12,15). The number of nitrogens with zero attached hydrogens (tertiary/aromatic N) is 5. The lowest BCUT2D eigenvalue weighted by Gasteiger charge is -2.34. The molecule has 1 aromatic rings. The lowest BCUT2D eigenvalue weighted by Crippen LogP contribution is -2.49. The van der Waals surface area contributed by atoms with E-state index in [1.807, 2.05) is 12.4 Å². The molecular weight excluding hydrogens is 347 g/mol. The molecule has 8 heteroatoms. The highest BCUT2D eigenvalue weighted by Gasteiger charge is 2.19. The van der Waals surface area contributed by atoms with E-state index < -0.39 is 0 Å². The molecule has 1 aromatic heterocycles. The summed E-state index contributed by atoms with van der Waals surface area (Å²) in [5.41, 5.74) is 5.49. The van der Waals surface area contributed by atoms with E-state index in [0.717, 1.165) is 35.7 Å². The van der Waals surface area contributed by atoms with Gasteiger partial charge in [-0.15, -0.1) is 0 Å². The number of anilines is 1. The first kappa shape index (κ1) is 13.3. The highest BCUT2D eigenvalue weighted by atomic mass is 127. The van der Waals surface area contributed by atoms with Gasteiger partial charge in [-0.1, -0.05) is 5.16 Å². The van der Waals surface area contributed by atoms with Crippen molar-refractivity contribution in [3.63, 3.8) is 0 Å². The van der Waals surface area contributed by atoms with E-state index in [2.05, 4.69) is 47.5 Å². The van der Waals surface area contributed by atoms with Gasteiger partial charge in [0.25, 0.3) is 0 Å². The Morgan fingerprint density at radius 3 is 2.50 bits per heavy atom. The Balaban J connectivity index is 1.88. The number of piperazine rings is 1. The molecule has 1 fully saturated rings. The molecule has 1 aliphatic heterocycles. The van der Waals surface area contributed by atoms with Crippen LogP contribution in [0.1, 0.15) is 0 Å². The molecule has 0 aromatic carbocycles. The summed E-state index contributed by atoms with van der Waals surface area (Å²) in [4.78, 5) is 12.9. The van der Waals surface area contributed by atoms with Crippen LogP contribution in [0.2, 0.25) is 0 Å². The van der Waals surface area contributed by atoms with Crippen molar-refractivity contribution in [1.82, 2.24) is 14.9 Å². The molecule has 0 unspecified atom stereocenters. The number of hydrogen-bond donors (Lipinski definition) is 2. The molecule has 2 rings (SSSR count). The summed E-state index contributed by atoms with van der Waals surface area (Å²) in [7, 11) is 0. The van der Waals surface area contributed by atoms with Crippen molar-refractivity contribution in [3.05, 3.63) is 16.0 Å². The van der Waals surface area contributed by atoms with Crippen molar-refractivity contribution in [3.8, 4) is 0 Å². The van der Waals surface area contributed by atoms with E-state index in [1.54, 1.807) is 0 Å². The molecule has 2 heterocycles. The molecule has 0 radical (unpaired) electrons. The van der Waals surface area contributed by atoms with Crippen molar-refractivity contribution < 1.29 is 5.21 Å². The molecule has 0 spiro atoms. The average Bonchev–Trinajstić information content (AvgIpc) is 2.40. The zero-order valence-corrected chi connectivity index (χ0v) is 12.0. The zero-order valence-electron chi connectivity index (χ0n) is 9.83. The average molecular weight is 362 g/mol. The van der Waals surface area contributed by atoms with Crippen molar-refractivity contribution in [1.29, 1.82) is 0 Å². The van der Waals surface area contributed by atoms with Crippen LogP contribution in [0.25, 0.3) is 0 Å². The second-order valence-corrected chi connectivity index (χ2v) is 5.30. The molecule has 98 valence electrons. The number of halogens is 1. The number of rotatable bonds is 3. The Morgan fingerprint density at radius 1 is 1.33 bits per heavy atom. The maximum atomic E-state index is 8.53. The van der Waals surface area contributed by atoms with Gasteiger partial charge in [0.1, 0.15) is 0 Å².